The number of amides is 1. The predicted octanol–water partition coefficient (Wildman–Crippen LogP) is -0.281. The molecule has 8 nitrogen and oxygen atoms in total. The Labute approximate surface area is 122 Å². The Morgan fingerprint density at radius 3 is 3.00 bits per heavy atom. The van der Waals surface area contributed by atoms with E-state index in [2.05, 4.69) is 20.5 Å². The molecule has 0 bridgehead atoms. The summed E-state index contributed by atoms with van der Waals surface area (Å²) in [5.41, 5.74) is -0.151. The Hall–Kier alpha value is -1.96. The van der Waals surface area contributed by atoms with Crippen LogP contribution in [0.2, 0.25) is 0 Å². The van der Waals surface area contributed by atoms with Crippen molar-refractivity contribution in [2.75, 3.05) is 13.1 Å². The summed E-state index contributed by atoms with van der Waals surface area (Å²) >= 11 is 0. The van der Waals surface area contributed by atoms with Gasteiger partial charge in [-0.25, -0.2) is 9.48 Å². The molecule has 0 aliphatic carbocycles. The van der Waals surface area contributed by atoms with E-state index in [1.165, 1.54) is 30.3 Å². The third kappa shape index (κ3) is 3.21. The third-order valence-electron chi connectivity index (χ3n) is 4.25. The fourth-order valence-corrected chi connectivity index (χ4v) is 3.25. The second kappa shape index (κ2) is 5.80. The van der Waals surface area contributed by atoms with E-state index < -0.39 is 5.97 Å². The van der Waals surface area contributed by atoms with Crippen molar-refractivity contribution in [3.63, 3.8) is 0 Å². The van der Waals surface area contributed by atoms with E-state index in [0.717, 1.165) is 19.4 Å². The minimum absolute atomic E-state index is 0.00512. The molecule has 1 amide bonds. The number of aromatic nitrogens is 3. The summed E-state index contributed by atoms with van der Waals surface area (Å²) in [6.45, 7) is 2.23. The van der Waals surface area contributed by atoms with Crippen molar-refractivity contribution in [1.29, 1.82) is 0 Å². The normalized spacial score (nSPS) is 25.5. The SMILES string of the molecule is O=C(Cn1cc(C(=O)O)nn1)NC1CCN2CCCC2C1. The number of nitrogens with one attached hydrogen (secondary N) is 1. The fourth-order valence-electron chi connectivity index (χ4n) is 3.25. The van der Waals surface area contributed by atoms with E-state index in [1.807, 2.05) is 0 Å². The molecular formula is C13H19N5O3. The lowest BCUT2D eigenvalue weighted by molar-refractivity contribution is -0.123. The monoisotopic (exact) mass is 293 g/mol. The number of carbonyl (C=O) groups excluding carboxylic acids is 1. The number of piperidine rings is 1. The maximum Gasteiger partial charge on any atom is 0.358 e. The van der Waals surface area contributed by atoms with Crippen molar-refractivity contribution in [1.82, 2.24) is 25.2 Å². The number of hydrogen-bond acceptors (Lipinski definition) is 5. The molecule has 2 unspecified atom stereocenters. The molecule has 0 aromatic carbocycles. The lowest BCUT2D eigenvalue weighted by atomic mass is 9.97. The predicted molar refractivity (Wildman–Crippen MR) is 72.7 cm³/mol. The molecule has 0 saturated carbocycles. The molecule has 1 aromatic heterocycles. The van der Waals surface area contributed by atoms with Gasteiger partial charge in [-0.1, -0.05) is 5.21 Å². The van der Waals surface area contributed by atoms with Gasteiger partial charge in [-0.2, -0.15) is 0 Å². The Morgan fingerprint density at radius 1 is 1.38 bits per heavy atom. The van der Waals surface area contributed by atoms with Crippen molar-refractivity contribution in [3.05, 3.63) is 11.9 Å². The summed E-state index contributed by atoms with van der Waals surface area (Å²) in [6.07, 6.45) is 5.71. The highest BCUT2D eigenvalue weighted by molar-refractivity contribution is 5.84. The van der Waals surface area contributed by atoms with Crippen LogP contribution in [0.1, 0.15) is 36.2 Å². The van der Waals surface area contributed by atoms with E-state index in [0.29, 0.717) is 6.04 Å². The zero-order chi connectivity index (χ0) is 14.8. The number of carboxylic acid groups (broad SMARTS) is 1. The van der Waals surface area contributed by atoms with Crippen LogP contribution < -0.4 is 5.32 Å². The molecule has 114 valence electrons. The van der Waals surface area contributed by atoms with Crippen molar-refractivity contribution in [2.45, 2.75) is 44.3 Å². The largest absolute Gasteiger partial charge is 0.476 e. The fraction of sp³-hybridized carbons (Fsp3) is 0.692. The lowest BCUT2D eigenvalue weighted by Gasteiger charge is -2.35. The summed E-state index contributed by atoms with van der Waals surface area (Å²) in [7, 11) is 0. The van der Waals surface area contributed by atoms with Crippen molar-refractivity contribution in [3.8, 4) is 0 Å². The van der Waals surface area contributed by atoms with Gasteiger partial charge in [-0.3, -0.25) is 4.79 Å². The molecule has 3 heterocycles. The van der Waals surface area contributed by atoms with Crippen LogP contribution in [0.3, 0.4) is 0 Å². The average molecular weight is 293 g/mol. The van der Waals surface area contributed by atoms with Gasteiger partial charge in [-0.15, -0.1) is 5.10 Å². The van der Waals surface area contributed by atoms with Gasteiger partial charge in [0.2, 0.25) is 5.91 Å². The van der Waals surface area contributed by atoms with Crippen LogP contribution in [0.4, 0.5) is 0 Å². The second-order valence-electron chi connectivity index (χ2n) is 5.73. The maximum absolute atomic E-state index is 12.0. The van der Waals surface area contributed by atoms with Gasteiger partial charge in [0.15, 0.2) is 5.69 Å². The molecule has 2 N–H and O–H groups in total. The van der Waals surface area contributed by atoms with E-state index in [-0.39, 0.29) is 24.2 Å². The average Bonchev–Trinajstić information content (AvgIpc) is 3.06. The number of nitrogens with zero attached hydrogens (tertiary/aromatic N) is 4. The van der Waals surface area contributed by atoms with E-state index in [9.17, 15) is 9.59 Å². The van der Waals surface area contributed by atoms with Crippen molar-refractivity contribution >= 4 is 11.9 Å². The van der Waals surface area contributed by atoms with Gasteiger partial charge in [-0.05, 0) is 32.2 Å². The molecule has 3 rings (SSSR count). The second-order valence-corrected chi connectivity index (χ2v) is 5.73. The molecular weight excluding hydrogens is 274 g/mol. The first-order chi connectivity index (χ1) is 10.1. The molecule has 2 fully saturated rings. The van der Waals surface area contributed by atoms with Crippen LogP contribution in [0.15, 0.2) is 6.20 Å². The first-order valence-electron chi connectivity index (χ1n) is 7.28. The number of hydrogen-bond donors (Lipinski definition) is 2. The Bertz CT molecular complexity index is 544. The quantitative estimate of drug-likeness (QED) is 0.792. The smallest absolute Gasteiger partial charge is 0.358 e. The number of rotatable bonds is 4. The van der Waals surface area contributed by atoms with Crippen molar-refractivity contribution in [2.24, 2.45) is 0 Å². The Morgan fingerprint density at radius 2 is 2.24 bits per heavy atom. The number of carbonyl (C=O) groups is 2. The molecule has 2 aliphatic rings. The van der Waals surface area contributed by atoms with Crippen LogP contribution in [0.5, 0.6) is 0 Å². The first kappa shape index (κ1) is 14.0. The van der Waals surface area contributed by atoms with Gasteiger partial charge in [0.05, 0.1) is 6.20 Å². The minimum Gasteiger partial charge on any atom is -0.476 e. The van der Waals surface area contributed by atoms with Crippen LogP contribution >= 0.6 is 0 Å². The standard InChI is InChI=1S/C13H19N5O3/c19-12(8-18-7-11(13(20)21)15-16-18)14-9-3-5-17-4-1-2-10(17)6-9/h7,9-10H,1-6,8H2,(H,14,19)(H,20,21). The number of fused-ring (bicyclic) bond motifs is 1. The molecule has 0 spiro atoms. The van der Waals surface area contributed by atoms with Crippen LogP contribution in [0.25, 0.3) is 0 Å². The summed E-state index contributed by atoms with van der Waals surface area (Å²) in [5, 5.41) is 18.9. The zero-order valence-electron chi connectivity index (χ0n) is 11.7. The van der Waals surface area contributed by atoms with Gasteiger partial charge in [0.25, 0.3) is 0 Å². The van der Waals surface area contributed by atoms with Crippen molar-refractivity contribution < 1.29 is 14.7 Å². The molecule has 1 aromatic rings. The Balaban J connectivity index is 1.50. The van der Waals surface area contributed by atoms with E-state index in [1.54, 1.807) is 0 Å². The third-order valence-corrected chi connectivity index (χ3v) is 4.25. The first-order valence-corrected chi connectivity index (χ1v) is 7.28. The van der Waals surface area contributed by atoms with Crippen LogP contribution in [-0.2, 0) is 11.3 Å². The molecule has 2 aliphatic heterocycles. The summed E-state index contributed by atoms with van der Waals surface area (Å²) in [4.78, 5) is 25.2. The molecule has 0 radical (unpaired) electrons. The highest BCUT2D eigenvalue weighted by Gasteiger charge is 2.32. The number of carboxylic acids is 1. The highest BCUT2D eigenvalue weighted by atomic mass is 16.4. The Kier molecular flexibility index (Phi) is 3.87. The van der Waals surface area contributed by atoms with Gasteiger partial charge in [0, 0.05) is 18.6 Å². The van der Waals surface area contributed by atoms with Gasteiger partial charge < -0.3 is 15.3 Å². The number of aromatic carboxylic acids is 1. The zero-order valence-corrected chi connectivity index (χ0v) is 11.7. The molecule has 2 atom stereocenters. The maximum atomic E-state index is 12.0. The van der Waals surface area contributed by atoms with Gasteiger partial charge in [0.1, 0.15) is 6.54 Å². The van der Waals surface area contributed by atoms with Gasteiger partial charge >= 0.3 is 5.97 Å². The van der Waals surface area contributed by atoms with Crippen LogP contribution in [0, 0.1) is 0 Å². The topological polar surface area (TPSA) is 100 Å². The molecule has 21 heavy (non-hydrogen) atoms. The minimum atomic E-state index is -1.14. The highest BCUT2D eigenvalue weighted by Crippen LogP contribution is 2.26. The lowest BCUT2D eigenvalue weighted by Crippen LogP contribution is -2.48. The summed E-state index contributed by atoms with van der Waals surface area (Å²) < 4.78 is 1.25. The van der Waals surface area contributed by atoms with E-state index in [4.69, 9.17) is 5.11 Å². The van der Waals surface area contributed by atoms with Crippen LogP contribution in [-0.4, -0.2) is 62.0 Å². The summed E-state index contributed by atoms with van der Waals surface area (Å²) in [5.74, 6) is -1.29. The molecule has 2 saturated heterocycles. The molecule has 8 heteroatoms. The van der Waals surface area contributed by atoms with E-state index >= 15 is 0 Å². The summed E-state index contributed by atoms with van der Waals surface area (Å²) in [6, 6.07) is 0.813.